The van der Waals surface area contributed by atoms with E-state index in [0.29, 0.717) is 35.8 Å². The van der Waals surface area contributed by atoms with Crippen molar-refractivity contribution in [2.45, 2.75) is 26.7 Å². The molecule has 1 amide bonds. The van der Waals surface area contributed by atoms with Gasteiger partial charge in [-0.05, 0) is 55.8 Å². The number of nitrogens with one attached hydrogen (secondary N) is 1. The molecular formula is C21H26N2O4. The maximum Gasteiger partial charge on any atom is 0.271 e. The van der Waals surface area contributed by atoms with Crippen molar-refractivity contribution < 1.29 is 19.0 Å². The van der Waals surface area contributed by atoms with Gasteiger partial charge in [-0.1, -0.05) is 13.3 Å². The van der Waals surface area contributed by atoms with Crippen LogP contribution in [0.5, 0.6) is 17.2 Å². The molecular weight excluding hydrogens is 344 g/mol. The molecule has 0 saturated heterocycles. The summed E-state index contributed by atoms with van der Waals surface area (Å²) in [6.07, 6.45) is 3.61. The van der Waals surface area contributed by atoms with Gasteiger partial charge < -0.3 is 14.2 Å². The van der Waals surface area contributed by atoms with E-state index < -0.39 is 0 Å². The first kappa shape index (κ1) is 20.3. The Bertz CT molecular complexity index is 757. The molecule has 2 aromatic rings. The largest absolute Gasteiger partial charge is 0.496 e. The molecule has 0 saturated carbocycles. The van der Waals surface area contributed by atoms with Crippen LogP contribution in [0.25, 0.3) is 0 Å². The van der Waals surface area contributed by atoms with E-state index in [1.165, 1.54) is 6.21 Å². The molecule has 0 aliphatic carbocycles. The van der Waals surface area contributed by atoms with E-state index in [1.807, 2.05) is 13.0 Å². The van der Waals surface area contributed by atoms with Gasteiger partial charge in [-0.15, -0.1) is 0 Å². The van der Waals surface area contributed by atoms with Gasteiger partial charge in [0, 0.05) is 11.1 Å². The summed E-state index contributed by atoms with van der Waals surface area (Å²) in [6, 6.07) is 12.4. The van der Waals surface area contributed by atoms with Gasteiger partial charge in [0.15, 0.2) is 0 Å². The number of methoxy groups -OCH3 is 1. The predicted molar refractivity (Wildman–Crippen MR) is 106 cm³/mol. The first-order chi connectivity index (χ1) is 13.2. The summed E-state index contributed by atoms with van der Waals surface area (Å²) in [5.41, 5.74) is 3.73. The maximum absolute atomic E-state index is 12.2. The number of hydrazone groups is 1. The molecule has 0 unspecified atom stereocenters. The molecule has 0 spiro atoms. The molecule has 0 radical (unpaired) electrons. The lowest BCUT2D eigenvalue weighted by Crippen LogP contribution is -2.17. The third-order valence-electron chi connectivity index (χ3n) is 3.77. The summed E-state index contributed by atoms with van der Waals surface area (Å²) in [4.78, 5) is 12.2. The molecule has 0 atom stereocenters. The standard InChI is InChI=1S/C21H26N2O4/c1-4-6-13-27-18-9-7-16(8-10-18)21(24)23-22-15-17-14-19(26-5-2)11-12-20(17)25-3/h7-12,14-15H,4-6,13H2,1-3H3,(H,23,24)/b22-15+. The lowest BCUT2D eigenvalue weighted by molar-refractivity contribution is 0.0955. The number of hydrogen-bond acceptors (Lipinski definition) is 5. The van der Waals surface area contributed by atoms with Crippen LogP contribution >= 0.6 is 0 Å². The van der Waals surface area contributed by atoms with Gasteiger partial charge in [0.1, 0.15) is 17.2 Å². The van der Waals surface area contributed by atoms with Crippen LogP contribution in [0.15, 0.2) is 47.6 Å². The van der Waals surface area contributed by atoms with Crippen LogP contribution in [-0.4, -0.2) is 32.4 Å². The van der Waals surface area contributed by atoms with E-state index in [1.54, 1.807) is 43.5 Å². The molecule has 0 aliphatic heterocycles. The van der Waals surface area contributed by atoms with Crippen molar-refractivity contribution in [1.29, 1.82) is 0 Å². The number of carbonyl (C=O) groups excluding carboxylic acids is 1. The molecule has 0 heterocycles. The zero-order valence-corrected chi connectivity index (χ0v) is 16.0. The van der Waals surface area contributed by atoms with Gasteiger partial charge in [-0.25, -0.2) is 5.43 Å². The monoisotopic (exact) mass is 370 g/mol. The summed E-state index contributed by atoms with van der Waals surface area (Å²) in [7, 11) is 1.58. The van der Waals surface area contributed by atoms with Crippen LogP contribution < -0.4 is 19.6 Å². The second kappa shape index (κ2) is 10.9. The fourth-order valence-electron chi connectivity index (χ4n) is 2.33. The average Bonchev–Trinajstić information content (AvgIpc) is 2.69. The van der Waals surface area contributed by atoms with Crippen molar-refractivity contribution in [3.63, 3.8) is 0 Å². The summed E-state index contributed by atoms with van der Waals surface area (Å²) < 4.78 is 16.4. The molecule has 0 aliphatic rings. The quantitative estimate of drug-likeness (QED) is 0.389. The Kier molecular flexibility index (Phi) is 8.16. The van der Waals surface area contributed by atoms with Gasteiger partial charge >= 0.3 is 0 Å². The van der Waals surface area contributed by atoms with Gasteiger partial charge in [-0.2, -0.15) is 5.10 Å². The number of rotatable bonds is 10. The normalized spacial score (nSPS) is 10.6. The lowest BCUT2D eigenvalue weighted by Gasteiger charge is -2.08. The van der Waals surface area contributed by atoms with Crippen molar-refractivity contribution in [3.8, 4) is 17.2 Å². The number of nitrogens with zero attached hydrogens (tertiary/aromatic N) is 1. The SMILES string of the molecule is CCCCOc1ccc(C(=O)N/N=C/c2cc(OCC)ccc2OC)cc1. The summed E-state index contributed by atoms with van der Waals surface area (Å²) in [5.74, 6) is 1.81. The van der Waals surface area contributed by atoms with Crippen molar-refractivity contribution in [2.75, 3.05) is 20.3 Å². The third kappa shape index (κ3) is 6.33. The Labute approximate surface area is 160 Å². The first-order valence-electron chi connectivity index (χ1n) is 9.05. The van der Waals surface area contributed by atoms with E-state index in [9.17, 15) is 4.79 Å². The fraction of sp³-hybridized carbons (Fsp3) is 0.333. The molecule has 2 aromatic carbocycles. The molecule has 1 N–H and O–H groups in total. The predicted octanol–water partition coefficient (Wildman–Crippen LogP) is 4.04. The van der Waals surface area contributed by atoms with Crippen molar-refractivity contribution >= 4 is 12.1 Å². The number of ether oxygens (including phenoxy) is 3. The van der Waals surface area contributed by atoms with Gasteiger partial charge in [0.05, 0.1) is 26.5 Å². The Morgan fingerprint density at radius 1 is 1.07 bits per heavy atom. The number of amides is 1. The Morgan fingerprint density at radius 2 is 1.81 bits per heavy atom. The van der Waals surface area contributed by atoms with Gasteiger partial charge in [-0.3, -0.25) is 4.79 Å². The summed E-state index contributed by atoms with van der Waals surface area (Å²) in [6.45, 7) is 5.27. The van der Waals surface area contributed by atoms with Crippen LogP contribution in [0.3, 0.4) is 0 Å². The van der Waals surface area contributed by atoms with E-state index in [0.717, 1.165) is 18.6 Å². The highest BCUT2D eigenvalue weighted by Crippen LogP contribution is 2.22. The van der Waals surface area contributed by atoms with Crippen molar-refractivity contribution in [2.24, 2.45) is 5.10 Å². The second-order valence-electron chi connectivity index (χ2n) is 5.76. The zero-order chi connectivity index (χ0) is 19.5. The number of unbranched alkanes of at least 4 members (excludes halogenated alkanes) is 1. The van der Waals surface area contributed by atoms with Crippen LogP contribution in [0.1, 0.15) is 42.6 Å². The molecule has 6 nitrogen and oxygen atoms in total. The average molecular weight is 370 g/mol. The second-order valence-corrected chi connectivity index (χ2v) is 5.76. The minimum Gasteiger partial charge on any atom is -0.496 e. The maximum atomic E-state index is 12.2. The first-order valence-corrected chi connectivity index (χ1v) is 9.05. The van der Waals surface area contributed by atoms with Gasteiger partial charge in [0.2, 0.25) is 0 Å². The number of benzene rings is 2. The molecule has 6 heteroatoms. The van der Waals surface area contributed by atoms with Crippen molar-refractivity contribution in [3.05, 3.63) is 53.6 Å². The summed E-state index contributed by atoms with van der Waals surface area (Å²) >= 11 is 0. The van der Waals surface area contributed by atoms with E-state index >= 15 is 0 Å². The Hall–Kier alpha value is -3.02. The molecule has 0 bridgehead atoms. The lowest BCUT2D eigenvalue weighted by atomic mass is 10.2. The summed E-state index contributed by atoms with van der Waals surface area (Å²) in [5, 5.41) is 4.02. The highest BCUT2D eigenvalue weighted by Gasteiger charge is 2.06. The Balaban J connectivity index is 1.97. The molecule has 27 heavy (non-hydrogen) atoms. The van der Waals surface area contributed by atoms with Crippen LogP contribution in [-0.2, 0) is 0 Å². The molecule has 144 valence electrons. The number of carbonyl (C=O) groups is 1. The highest BCUT2D eigenvalue weighted by molar-refractivity contribution is 5.95. The van der Waals surface area contributed by atoms with E-state index in [2.05, 4.69) is 17.5 Å². The van der Waals surface area contributed by atoms with Gasteiger partial charge in [0.25, 0.3) is 5.91 Å². The van der Waals surface area contributed by atoms with Crippen LogP contribution in [0, 0.1) is 0 Å². The zero-order valence-electron chi connectivity index (χ0n) is 16.0. The van der Waals surface area contributed by atoms with E-state index in [-0.39, 0.29) is 5.91 Å². The highest BCUT2D eigenvalue weighted by atomic mass is 16.5. The minimum absolute atomic E-state index is 0.300. The molecule has 0 fully saturated rings. The van der Waals surface area contributed by atoms with E-state index in [4.69, 9.17) is 14.2 Å². The van der Waals surface area contributed by atoms with Crippen LogP contribution in [0.2, 0.25) is 0 Å². The third-order valence-corrected chi connectivity index (χ3v) is 3.77. The number of hydrogen-bond donors (Lipinski definition) is 1. The smallest absolute Gasteiger partial charge is 0.271 e. The Morgan fingerprint density at radius 3 is 2.48 bits per heavy atom. The molecule has 2 rings (SSSR count). The minimum atomic E-state index is -0.300. The van der Waals surface area contributed by atoms with Crippen LogP contribution in [0.4, 0.5) is 0 Å². The fourth-order valence-corrected chi connectivity index (χ4v) is 2.33. The molecule has 0 aromatic heterocycles. The van der Waals surface area contributed by atoms with Crippen molar-refractivity contribution in [1.82, 2.24) is 5.43 Å². The topological polar surface area (TPSA) is 69.2 Å².